The van der Waals surface area contributed by atoms with Crippen molar-refractivity contribution in [2.75, 3.05) is 26.0 Å². The van der Waals surface area contributed by atoms with Crippen molar-refractivity contribution in [1.82, 2.24) is 4.90 Å². The first-order valence-corrected chi connectivity index (χ1v) is 8.94. The number of methoxy groups -OCH3 is 1. The van der Waals surface area contributed by atoms with Crippen LogP contribution in [-0.4, -0.2) is 36.8 Å². The number of hydrogen-bond acceptors (Lipinski definition) is 3. The molecule has 1 fully saturated rings. The summed E-state index contributed by atoms with van der Waals surface area (Å²) in [6.45, 7) is 1.55. The second kappa shape index (κ2) is 7.71. The Morgan fingerprint density at radius 2 is 1.92 bits per heavy atom. The van der Waals surface area contributed by atoms with Crippen molar-refractivity contribution in [3.05, 3.63) is 59.9 Å². The first-order chi connectivity index (χ1) is 11.7. The number of ether oxygens (including phenoxy) is 1. The molecule has 0 aliphatic carbocycles. The van der Waals surface area contributed by atoms with Gasteiger partial charge in [-0.25, -0.2) is 4.39 Å². The Labute approximate surface area is 145 Å². The Hall–Kier alpha value is -2.01. The van der Waals surface area contributed by atoms with Crippen LogP contribution in [0.4, 0.5) is 4.39 Å². The van der Waals surface area contributed by atoms with Gasteiger partial charge in [0.1, 0.15) is 11.6 Å². The summed E-state index contributed by atoms with van der Waals surface area (Å²) in [7, 11) is 1.66. The minimum atomic E-state index is -0.257. The highest BCUT2D eigenvalue weighted by Crippen LogP contribution is 2.29. The Kier molecular flexibility index (Phi) is 5.41. The fraction of sp³-hybridized carbons (Fsp3) is 0.316. The van der Waals surface area contributed by atoms with Crippen molar-refractivity contribution in [3.8, 4) is 5.75 Å². The van der Waals surface area contributed by atoms with Crippen LogP contribution >= 0.6 is 11.8 Å². The summed E-state index contributed by atoms with van der Waals surface area (Å²) >= 11 is 1.45. The quantitative estimate of drug-likeness (QED) is 0.769. The SMILES string of the molecule is COc1ccc(C2CCN(C(=O)CSc3ccc(F)cc3)C2)cc1. The lowest BCUT2D eigenvalue weighted by molar-refractivity contribution is -0.127. The van der Waals surface area contributed by atoms with Crippen LogP contribution in [0.15, 0.2) is 53.4 Å². The molecule has 3 rings (SSSR count). The van der Waals surface area contributed by atoms with Crippen LogP contribution < -0.4 is 4.74 Å². The molecule has 0 saturated carbocycles. The van der Waals surface area contributed by atoms with E-state index < -0.39 is 0 Å². The number of thioether (sulfide) groups is 1. The first-order valence-electron chi connectivity index (χ1n) is 7.96. The van der Waals surface area contributed by atoms with E-state index in [-0.39, 0.29) is 11.7 Å². The molecular formula is C19H20FNO2S. The zero-order valence-electron chi connectivity index (χ0n) is 13.6. The van der Waals surface area contributed by atoms with E-state index in [2.05, 4.69) is 12.1 Å². The van der Waals surface area contributed by atoms with Gasteiger partial charge < -0.3 is 9.64 Å². The zero-order valence-corrected chi connectivity index (χ0v) is 14.4. The van der Waals surface area contributed by atoms with Gasteiger partial charge in [0.15, 0.2) is 0 Å². The Morgan fingerprint density at radius 1 is 1.21 bits per heavy atom. The highest BCUT2D eigenvalue weighted by Gasteiger charge is 2.27. The monoisotopic (exact) mass is 345 g/mol. The summed E-state index contributed by atoms with van der Waals surface area (Å²) < 4.78 is 18.1. The smallest absolute Gasteiger partial charge is 0.232 e. The van der Waals surface area contributed by atoms with E-state index in [4.69, 9.17) is 4.74 Å². The molecule has 1 atom stereocenters. The Morgan fingerprint density at radius 3 is 2.58 bits per heavy atom. The lowest BCUT2D eigenvalue weighted by atomic mass is 9.98. The lowest BCUT2D eigenvalue weighted by Gasteiger charge is -2.16. The van der Waals surface area contributed by atoms with Crippen molar-refractivity contribution in [3.63, 3.8) is 0 Å². The molecule has 5 heteroatoms. The number of halogens is 1. The molecule has 0 bridgehead atoms. The molecule has 2 aromatic rings. The number of carbonyl (C=O) groups excluding carboxylic acids is 1. The number of benzene rings is 2. The van der Waals surface area contributed by atoms with Gasteiger partial charge in [0.2, 0.25) is 5.91 Å². The van der Waals surface area contributed by atoms with Gasteiger partial charge in [0.25, 0.3) is 0 Å². The molecule has 0 radical (unpaired) electrons. The number of amides is 1. The maximum Gasteiger partial charge on any atom is 0.232 e. The number of likely N-dealkylation sites (tertiary alicyclic amines) is 1. The van der Waals surface area contributed by atoms with E-state index >= 15 is 0 Å². The molecule has 3 nitrogen and oxygen atoms in total. The standard InChI is InChI=1S/C19H20FNO2S/c1-23-17-6-2-14(3-7-17)15-10-11-21(12-15)19(22)13-24-18-8-4-16(20)5-9-18/h2-9,15H,10-13H2,1H3. The number of rotatable bonds is 5. The first kappa shape index (κ1) is 16.8. The second-order valence-electron chi connectivity index (χ2n) is 5.84. The van der Waals surface area contributed by atoms with Gasteiger partial charge in [0.05, 0.1) is 12.9 Å². The van der Waals surface area contributed by atoms with Crippen molar-refractivity contribution in [2.45, 2.75) is 17.2 Å². The molecule has 0 N–H and O–H groups in total. The average molecular weight is 345 g/mol. The lowest BCUT2D eigenvalue weighted by Crippen LogP contribution is -2.29. The number of nitrogens with zero attached hydrogens (tertiary/aromatic N) is 1. The van der Waals surface area contributed by atoms with Crippen molar-refractivity contribution in [1.29, 1.82) is 0 Å². The molecule has 126 valence electrons. The van der Waals surface area contributed by atoms with Gasteiger partial charge >= 0.3 is 0 Å². The largest absolute Gasteiger partial charge is 0.497 e. The van der Waals surface area contributed by atoms with E-state index in [1.165, 1.54) is 29.5 Å². The van der Waals surface area contributed by atoms with Gasteiger partial charge in [0, 0.05) is 23.9 Å². The van der Waals surface area contributed by atoms with E-state index in [1.807, 2.05) is 17.0 Å². The predicted octanol–water partition coefficient (Wildman–Crippen LogP) is 3.94. The third-order valence-corrected chi connectivity index (χ3v) is 5.30. The molecular weight excluding hydrogens is 325 g/mol. The minimum Gasteiger partial charge on any atom is -0.497 e. The molecule has 0 spiro atoms. The topological polar surface area (TPSA) is 29.5 Å². The summed E-state index contributed by atoms with van der Waals surface area (Å²) in [5, 5.41) is 0. The maximum absolute atomic E-state index is 12.9. The van der Waals surface area contributed by atoms with Crippen molar-refractivity contribution in [2.24, 2.45) is 0 Å². The number of carbonyl (C=O) groups is 1. The van der Waals surface area contributed by atoms with Crippen LogP contribution in [0.5, 0.6) is 5.75 Å². The summed E-state index contributed by atoms with van der Waals surface area (Å²) in [5.41, 5.74) is 1.25. The van der Waals surface area contributed by atoms with Crippen molar-refractivity contribution < 1.29 is 13.9 Å². The van der Waals surface area contributed by atoms with Crippen LogP contribution in [0.3, 0.4) is 0 Å². The second-order valence-corrected chi connectivity index (χ2v) is 6.89. The van der Waals surface area contributed by atoms with E-state index in [9.17, 15) is 9.18 Å². The summed E-state index contributed by atoms with van der Waals surface area (Å²) in [6.07, 6.45) is 0.985. The van der Waals surface area contributed by atoms with Crippen LogP contribution in [0, 0.1) is 5.82 Å². The van der Waals surface area contributed by atoms with Gasteiger partial charge in [-0.05, 0) is 48.4 Å². The highest BCUT2D eigenvalue weighted by molar-refractivity contribution is 8.00. The zero-order chi connectivity index (χ0) is 16.9. The van der Waals surface area contributed by atoms with Crippen LogP contribution in [-0.2, 0) is 4.79 Å². The van der Waals surface area contributed by atoms with Crippen LogP contribution in [0.1, 0.15) is 17.9 Å². The van der Waals surface area contributed by atoms with Crippen LogP contribution in [0.25, 0.3) is 0 Å². The third kappa shape index (κ3) is 4.09. The molecule has 1 heterocycles. The highest BCUT2D eigenvalue weighted by atomic mass is 32.2. The minimum absolute atomic E-state index is 0.139. The van der Waals surface area contributed by atoms with Crippen molar-refractivity contribution >= 4 is 17.7 Å². The fourth-order valence-corrected chi connectivity index (χ4v) is 3.70. The third-order valence-electron chi connectivity index (χ3n) is 4.30. The molecule has 1 aliphatic rings. The van der Waals surface area contributed by atoms with E-state index in [0.29, 0.717) is 11.7 Å². The molecule has 1 unspecified atom stereocenters. The Bertz CT molecular complexity index is 688. The molecule has 1 amide bonds. The van der Waals surface area contributed by atoms with E-state index in [1.54, 1.807) is 19.2 Å². The van der Waals surface area contributed by atoms with Gasteiger partial charge in [-0.3, -0.25) is 4.79 Å². The molecule has 1 aliphatic heterocycles. The predicted molar refractivity (Wildman–Crippen MR) is 94.1 cm³/mol. The normalized spacial score (nSPS) is 17.1. The summed E-state index contributed by atoms with van der Waals surface area (Å²) in [5.74, 6) is 1.50. The fourth-order valence-electron chi connectivity index (χ4n) is 2.90. The van der Waals surface area contributed by atoms with Gasteiger partial charge in [-0.15, -0.1) is 11.8 Å². The Balaban J connectivity index is 1.52. The average Bonchev–Trinajstić information content (AvgIpc) is 3.11. The molecule has 2 aromatic carbocycles. The van der Waals surface area contributed by atoms with E-state index in [0.717, 1.165) is 30.2 Å². The van der Waals surface area contributed by atoms with Crippen LogP contribution in [0.2, 0.25) is 0 Å². The summed E-state index contributed by atoms with van der Waals surface area (Å²) in [4.78, 5) is 15.2. The van der Waals surface area contributed by atoms with Gasteiger partial charge in [-0.2, -0.15) is 0 Å². The molecule has 24 heavy (non-hydrogen) atoms. The molecule has 0 aromatic heterocycles. The molecule has 1 saturated heterocycles. The summed E-state index contributed by atoms with van der Waals surface area (Å²) in [6, 6.07) is 14.3. The number of hydrogen-bond donors (Lipinski definition) is 0. The maximum atomic E-state index is 12.9. The van der Waals surface area contributed by atoms with Gasteiger partial charge in [-0.1, -0.05) is 12.1 Å².